The van der Waals surface area contributed by atoms with Gasteiger partial charge in [0.25, 0.3) is 11.6 Å². The Labute approximate surface area is 113 Å². The van der Waals surface area contributed by atoms with Gasteiger partial charge in [-0.25, -0.2) is 4.39 Å². The number of hydrogen-bond acceptors (Lipinski definition) is 5. The van der Waals surface area contributed by atoms with Gasteiger partial charge in [0.2, 0.25) is 0 Å². The fourth-order valence-electron chi connectivity index (χ4n) is 2.12. The van der Waals surface area contributed by atoms with Crippen molar-refractivity contribution >= 4 is 11.6 Å². The van der Waals surface area contributed by atoms with Crippen molar-refractivity contribution < 1.29 is 24.0 Å². The Bertz CT molecular complexity index is 563. The number of nitro groups is 1. The number of carbonyl (C=O) groups is 1. The summed E-state index contributed by atoms with van der Waals surface area (Å²) in [5, 5.41) is 20.5. The number of nitro benzene ring substituents is 1. The van der Waals surface area contributed by atoms with Crippen LogP contribution in [0.5, 0.6) is 11.5 Å². The molecule has 0 radical (unpaired) electrons. The van der Waals surface area contributed by atoms with Gasteiger partial charge in [0.15, 0.2) is 11.5 Å². The molecule has 0 aliphatic carbocycles. The first kappa shape index (κ1) is 14.0. The molecule has 1 N–H and O–H groups in total. The first-order valence-electron chi connectivity index (χ1n) is 5.92. The van der Waals surface area contributed by atoms with Gasteiger partial charge in [-0.3, -0.25) is 14.9 Å². The number of hydrogen-bond donors (Lipinski definition) is 1. The van der Waals surface area contributed by atoms with Gasteiger partial charge in [-0.05, 0) is 6.42 Å². The van der Waals surface area contributed by atoms with Gasteiger partial charge in [0.1, 0.15) is 11.7 Å². The number of halogens is 1. The lowest BCUT2D eigenvalue weighted by molar-refractivity contribution is -0.385. The van der Waals surface area contributed by atoms with Crippen LogP contribution in [0.15, 0.2) is 12.1 Å². The molecule has 1 heterocycles. The maximum absolute atomic E-state index is 13.1. The number of carbonyl (C=O) groups excluding carboxylic acids is 1. The second-order valence-corrected chi connectivity index (χ2v) is 4.44. The Morgan fingerprint density at radius 1 is 1.60 bits per heavy atom. The average molecular weight is 284 g/mol. The van der Waals surface area contributed by atoms with Crippen molar-refractivity contribution in [3.8, 4) is 11.5 Å². The van der Waals surface area contributed by atoms with E-state index in [9.17, 15) is 24.4 Å². The van der Waals surface area contributed by atoms with Gasteiger partial charge in [-0.2, -0.15) is 0 Å². The highest BCUT2D eigenvalue weighted by Crippen LogP contribution is 2.34. The van der Waals surface area contributed by atoms with Crippen LogP contribution in [0.1, 0.15) is 16.8 Å². The number of nitrogens with zero attached hydrogens (tertiary/aromatic N) is 2. The molecule has 1 aromatic carbocycles. The highest BCUT2D eigenvalue weighted by molar-refractivity contribution is 5.99. The van der Waals surface area contributed by atoms with Crippen LogP contribution in [-0.2, 0) is 0 Å². The summed E-state index contributed by atoms with van der Waals surface area (Å²) in [5.41, 5.74) is -0.755. The number of likely N-dealkylation sites (tertiary alicyclic amines) is 1. The molecule has 1 saturated heterocycles. The van der Waals surface area contributed by atoms with E-state index in [1.54, 1.807) is 0 Å². The summed E-state index contributed by atoms with van der Waals surface area (Å²) in [6, 6.07) is 1.95. The highest BCUT2D eigenvalue weighted by atomic mass is 19.1. The molecule has 108 valence electrons. The minimum absolute atomic E-state index is 0.0463. The Hall–Kier alpha value is -2.38. The molecule has 8 heteroatoms. The number of phenols is 1. The van der Waals surface area contributed by atoms with Gasteiger partial charge >= 0.3 is 0 Å². The Kier molecular flexibility index (Phi) is 3.73. The van der Waals surface area contributed by atoms with E-state index in [0.29, 0.717) is 0 Å². The third-order valence-corrected chi connectivity index (χ3v) is 3.14. The summed E-state index contributed by atoms with van der Waals surface area (Å²) >= 11 is 0. The van der Waals surface area contributed by atoms with E-state index in [4.69, 9.17) is 4.74 Å². The molecular formula is C12H13FN2O5. The van der Waals surface area contributed by atoms with Crippen LogP contribution < -0.4 is 4.74 Å². The lowest BCUT2D eigenvalue weighted by Gasteiger charge is -2.16. The molecule has 2 rings (SSSR count). The quantitative estimate of drug-likeness (QED) is 0.670. The molecule has 0 aromatic heterocycles. The fourth-order valence-corrected chi connectivity index (χ4v) is 2.12. The van der Waals surface area contributed by atoms with Crippen LogP contribution in [-0.4, -0.2) is 47.2 Å². The molecule has 0 saturated carbocycles. The molecule has 1 unspecified atom stereocenters. The smallest absolute Gasteiger partial charge is 0.286 e. The summed E-state index contributed by atoms with van der Waals surface area (Å²) < 4.78 is 18.0. The molecule has 1 aliphatic rings. The molecule has 1 atom stereocenters. The van der Waals surface area contributed by atoms with Crippen LogP contribution in [0.25, 0.3) is 0 Å². The first-order valence-corrected chi connectivity index (χ1v) is 5.92. The number of amides is 1. The minimum atomic E-state index is -1.11. The third kappa shape index (κ3) is 2.49. The first-order chi connectivity index (χ1) is 9.43. The topological polar surface area (TPSA) is 92.9 Å². The van der Waals surface area contributed by atoms with Gasteiger partial charge in [-0.1, -0.05) is 0 Å². The van der Waals surface area contributed by atoms with Crippen LogP contribution in [0.2, 0.25) is 0 Å². The van der Waals surface area contributed by atoms with E-state index >= 15 is 0 Å². The van der Waals surface area contributed by atoms with Gasteiger partial charge < -0.3 is 14.7 Å². The van der Waals surface area contributed by atoms with Crippen molar-refractivity contribution in [3.63, 3.8) is 0 Å². The SMILES string of the molecule is COc1cc(C(=O)N2CCC(F)C2)c([N+](=O)[O-])cc1O. The second-order valence-electron chi connectivity index (χ2n) is 4.44. The molecule has 7 nitrogen and oxygen atoms in total. The number of rotatable bonds is 3. The molecule has 20 heavy (non-hydrogen) atoms. The molecule has 1 aromatic rings. The molecule has 0 spiro atoms. The van der Waals surface area contributed by atoms with Gasteiger partial charge in [-0.15, -0.1) is 0 Å². The van der Waals surface area contributed by atoms with Gasteiger partial charge in [0.05, 0.1) is 24.6 Å². The van der Waals surface area contributed by atoms with Crippen molar-refractivity contribution in [3.05, 3.63) is 27.8 Å². The highest BCUT2D eigenvalue weighted by Gasteiger charge is 2.32. The second kappa shape index (κ2) is 5.32. The summed E-state index contributed by atoms with van der Waals surface area (Å²) in [6.07, 6.45) is -0.897. The number of alkyl halides is 1. The number of aromatic hydroxyl groups is 1. The minimum Gasteiger partial charge on any atom is -0.504 e. The summed E-state index contributed by atoms with van der Waals surface area (Å²) in [4.78, 5) is 23.6. The predicted octanol–water partition coefficient (Wildman–Crippen LogP) is 1.49. The predicted molar refractivity (Wildman–Crippen MR) is 66.7 cm³/mol. The maximum Gasteiger partial charge on any atom is 0.286 e. The average Bonchev–Trinajstić information content (AvgIpc) is 2.84. The van der Waals surface area contributed by atoms with Crippen LogP contribution >= 0.6 is 0 Å². The van der Waals surface area contributed by atoms with Crippen LogP contribution in [0.3, 0.4) is 0 Å². The zero-order chi connectivity index (χ0) is 14.9. The normalized spacial score (nSPS) is 18.1. The summed E-state index contributed by atoms with van der Waals surface area (Å²) in [7, 11) is 1.27. The lowest BCUT2D eigenvalue weighted by Crippen LogP contribution is -2.29. The molecular weight excluding hydrogens is 271 g/mol. The van der Waals surface area contributed by atoms with Crippen LogP contribution in [0, 0.1) is 10.1 Å². The zero-order valence-electron chi connectivity index (χ0n) is 10.7. The largest absolute Gasteiger partial charge is 0.504 e. The standard InChI is InChI=1S/C12H13FN2O5/c1-20-11-4-8(9(15(18)19)5-10(11)16)12(17)14-3-2-7(13)6-14/h4-5,7,16H,2-3,6H2,1H3. The Morgan fingerprint density at radius 2 is 2.30 bits per heavy atom. The van der Waals surface area contributed by atoms with Crippen molar-refractivity contribution in [2.75, 3.05) is 20.2 Å². The molecule has 1 aliphatic heterocycles. The molecule has 1 amide bonds. The van der Waals surface area contributed by atoms with Crippen molar-refractivity contribution in [2.24, 2.45) is 0 Å². The molecule has 0 bridgehead atoms. The maximum atomic E-state index is 13.1. The van der Waals surface area contributed by atoms with Crippen molar-refractivity contribution in [1.29, 1.82) is 0 Å². The number of ether oxygens (including phenoxy) is 1. The number of phenolic OH excluding ortho intramolecular Hbond substituents is 1. The summed E-state index contributed by atoms with van der Waals surface area (Å²) in [5.74, 6) is -1.12. The van der Waals surface area contributed by atoms with Crippen LogP contribution in [0.4, 0.5) is 10.1 Å². The number of methoxy groups -OCH3 is 1. The van der Waals surface area contributed by atoms with E-state index in [2.05, 4.69) is 0 Å². The number of benzene rings is 1. The van der Waals surface area contributed by atoms with E-state index < -0.39 is 28.4 Å². The monoisotopic (exact) mass is 284 g/mol. The van der Waals surface area contributed by atoms with E-state index in [-0.39, 0.29) is 30.8 Å². The summed E-state index contributed by atoms with van der Waals surface area (Å²) in [6.45, 7) is 0.125. The fraction of sp³-hybridized carbons (Fsp3) is 0.417. The Morgan fingerprint density at radius 3 is 2.80 bits per heavy atom. The van der Waals surface area contributed by atoms with E-state index in [1.807, 2.05) is 0 Å². The van der Waals surface area contributed by atoms with Gasteiger partial charge in [0, 0.05) is 12.6 Å². The third-order valence-electron chi connectivity index (χ3n) is 3.14. The van der Waals surface area contributed by atoms with E-state index in [1.165, 1.54) is 12.0 Å². The molecule has 1 fully saturated rings. The van der Waals surface area contributed by atoms with E-state index in [0.717, 1.165) is 12.1 Å². The zero-order valence-corrected chi connectivity index (χ0v) is 10.7. The van der Waals surface area contributed by atoms with Crippen molar-refractivity contribution in [1.82, 2.24) is 4.90 Å². The lowest BCUT2D eigenvalue weighted by atomic mass is 10.1. The van der Waals surface area contributed by atoms with Crippen molar-refractivity contribution in [2.45, 2.75) is 12.6 Å². The Balaban J connectivity index is 2.43.